The van der Waals surface area contributed by atoms with E-state index in [-0.39, 0.29) is 11.6 Å². The van der Waals surface area contributed by atoms with Crippen molar-refractivity contribution in [3.05, 3.63) is 12.4 Å². The van der Waals surface area contributed by atoms with Gasteiger partial charge >= 0.3 is 5.97 Å². The first kappa shape index (κ1) is 11.7. The van der Waals surface area contributed by atoms with Crippen molar-refractivity contribution >= 4 is 23.5 Å². The van der Waals surface area contributed by atoms with Gasteiger partial charge in [-0.2, -0.15) is 0 Å². The summed E-state index contributed by atoms with van der Waals surface area (Å²) in [5.41, 5.74) is 3.71. The lowest BCUT2D eigenvalue weighted by Crippen LogP contribution is -2.37. The van der Waals surface area contributed by atoms with Crippen LogP contribution in [0.2, 0.25) is 0 Å². The zero-order chi connectivity index (χ0) is 11.5. The van der Waals surface area contributed by atoms with E-state index in [2.05, 4.69) is 9.97 Å². The molecule has 15 heavy (non-hydrogen) atoms. The van der Waals surface area contributed by atoms with Crippen LogP contribution in [0.3, 0.4) is 0 Å². The Morgan fingerprint density at radius 2 is 2.20 bits per heavy atom. The summed E-state index contributed by atoms with van der Waals surface area (Å²) in [5, 5.41) is 18.5. The van der Waals surface area contributed by atoms with Crippen LogP contribution in [0.5, 0.6) is 0 Å². The highest BCUT2D eigenvalue weighted by atomic mass is 32.2. The number of aromatic nitrogens is 2. The number of hydrogen-bond donors (Lipinski definition) is 3. The van der Waals surface area contributed by atoms with Gasteiger partial charge in [-0.05, 0) is 6.92 Å². The van der Waals surface area contributed by atoms with Gasteiger partial charge < -0.3 is 15.9 Å². The maximum atomic E-state index is 10.6. The van der Waals surface area contributed by atoms with Crippen LogP contribution in [0, 0.1) is 0 Å². The van der Waals surface area contributed by atoms with Crippen LogP contribution >= 0.6 is 11.8 Å². The molecular formula is C8H11N3O3S. The molecule has 0 amide bonds. The van der Waals surface area contributed by atoms with Gasteiger partial charge in [-0.25, -0.2) is 14.8 Å². The van der Waals surface area contributed by atoms with Gasteiger partial charge in [0, 0.05) is 18.1 Å². The molecule has 0 radical (unpaired) electrons. The van der Waals surface area contributed by atoms with Crippen LogP contribution in [0.15, 0.2) is 17.4 Å². The maximum absolute atomic E-state index is 10.6. The summed E-state index contributed by atoms with van der Waals surface area (Å²) in [5.74, 6) is -1.09. The molecule has 0 aliphatic rings. The van der Waals surface area contributed by atoms with E-state index in [0.717, 1.165) is 11.8 Å². The largest absolute Gasteiger partial charge is 0.479 e. The monoisotopic (exact) mass is 229 g/mol. The van der Waals surface area contributed by atoms with Crippen LogP contribution in [-0.4, -0.2) is 37.5 Å². The summed E-state index contributed by atoms with van der Waals surface area (Å²) in [6.45, 7) is 1.22. The molecule has 0 saturated heterocycles. The van der Waals surface area contributed by atoms with Crippen molar-refractivity contribution in [1.82, 2.24) is 9.97 Å². The van der Waals surface area contributed by atoms with Crippen molar-refractivity contribution in [3.63, 3.8) is 0 Å². The third-order valence-electron chi connectivity index (χ3n) is 1.64. The zero-order valence-electron chi connectivity index (χ0n) is 8.04. The van der Waals surface area contributed by atoms with Crippen LogP contribution in [-0.2, 0) is 4.79 Å². The first-order valence-electron chi connectivity index (χ1n) is 4.08. The van der Waals surface area contributed by atoms with Gasteiger partial charge in [0.05, 0.1) is 0 Å². The third-order valence-corrected chi connectivity index (χ3v) is 2.94. The Bertz CT molecular complexity index is 370. The van der Waals surface area contributed by atoms with Crippen LogP contribution in [0.4, 0.5) is 5.82 Å². The number of nitrogen functional groups attached to an aromatic ring is 1. The number of hydrogen-bond acceptors (Lipinski definition) is 6. The van der Waals surface area contributed by atoms with Gasteiger partial charge in [-0.1, -0.05) is 11.8 Å². The number of carbonyl (C=O) groups is 1. The maximum Gasteiger partial charge on any atom is 0.336 e. The predicted octanol–water partition coefficient (Wildman–Crippen LogP) is -0.0135. The van der Waals surface area contributed by atoms with Gasteiger partial charge in [0.25, 0.3) is 0 Å². The highest BCUT2D eigenvalue weighted by Crippen LogP contribution is 2.23. The second kappa shape index (κ2) is 4.45. The fraction of sp³-hybridized carbons (Fsp3) is 0.375. The molecule has 1 atom stereocenters. The lowest BCUT2D eigenvalue weighted by atomic mass is 10.1. The molecule has 1 unspecified atom stereocenters. The molecule has 0 aliphatic heterocycles. The van der Waals surface area contributed by atoms with E-state index < -0.39 is 11.6 Å². The fourth-order valence-electron chi connectivity index (χ4n) is 0.718. The first-order chi connectivity index (χ1) is 6.93. The van der Waals surface area contributed by atoms with Gasteiger partial charge in [0.2, 0.25) is 0 Å². The highest BCUT2D eigenvalue weighted by Gasteiger charge is 2.30. The number of carboxylic acid groups (broad SMARTS) is 1. The van der Waals surface area contributed by atoms with Crippen LogP contribution in [0.1, 0.15) is 6.92 Å². The van der Waals surface area contributed by atoms with E-state index in [4.69, 9.17) is 10.8 Å². The zero-order valence-corrected chi connectivity index (χ0v) is 8.86. The fourth-order valence-corrected chi connectivity index (χ4v) is 1.60. The Morgan fingerprint density at radius 1 is 1.60 bits per heavy atom. The minimum absolute atomic E-state index is 0.0365. The van der Waals surface area contributed by atoms with E-state index in [1.807, 2.05) is 0 Å². The lowest BCUT2D eigenvalue weighted by Gasteiger charge is -2.16. The molecule has 0 fully saturated rings. The van der Waals surface area contributed by atoms with Crippen molar-refractivity contribution in [2.45, 2.75) is 17.6 Å². The molecule has 82 valence electrons. The van der Waals surface area contributed by atoms with E-state index in [1.54, 1.807) is 0 Å². The number of nitrogens with zero attached hydrogens (tertiary/aromatic N) is 2. The van der Waals surface area contributed by atoms with Crippen LogP contribution in [0.25, 0.3) is 0 Å². The molecule has 0 saturated carbocycles. The summed E-state index contributed by atoms with van der Waals surface area (Å²) < 4.78 is 0. The van der Waals surface area contributed by atoms with Crippen molar-refractivity contribution in [2.24, 2.45) is 0 Å². The normalized spacial score (nSPS) is 14.5. The summed E-state index contributed by atoms with van der Waals surface area (Å²) in [7, 11) is 0. The molecular weight excluding hydrogens is 218 g/mol. The molecule has 6 nitrogen and oxygen atoms in total. The number of anilines is 1. The van der Waals surface area contributed by atoms with E-state index in [0.29, 0.717) is 5.03 Å². The first-order valence-corrected chi connectivity index (χ1v) is 5.07. The molecule has 0 aromatic carbocycles. The Hall–Kier alpha value is -1.34. The highest BCUT2D eigenvalue weighted by molar-refractivity contribution is 7.99. The molecule has 7 heteroatoms. The Kier molecular flexibility index (Phi) is 3.48. The minimum atomic E-state index is -1.80. The molecule has 1 heterocycles. The van der Waals surface area contributed by atoms with Crippen molar-refractivity contribution in [1.29, 1.82) is 0 Å². The SMILES string of the molecule is CC(O)(CSc1nccnc1N)C(=O)O. The second-order valence-electron chi connectivity index (χ2n) is 3.11. The molecule has 1 aromatic heterocycles. The quantitative estimate of drug-likeness (QED) is 0.623. The summed E-state index contributed by atoms with van der Waals surface area (Å²) in [6, 6.07) is 0. The summed E-state index contributed by atoms with van der Waals surface area (Å²) in [4.78, 5) is 18.3. The number of aliphatic carboxylic acids is 1. The molecule has 0 bridgehead atoms. The van der Waals surface area contributed by atoms with Crippen molar-refractivity contribution < 1.29 is 15.0 Å². The Labute approximate surface area is 90.5 Å². The molecule has 1 rings (SSSR count). The summed E-state index contributed by atoms with van der Waals surface area (Å²) in [6.07, 6.45) is 2.89. The number of thioether (sulfide) groups is 1. The standard InChI is InChI=1S/C8H11N3O3S/c1-8(14,7(12)13)4-15-6-5(9)10-2-3-11-6/h2-3,14H,4H2,1H3,(H2,9,10)(H,12,13). The molecule has 4 N–H and O–H groups in total. The Balaban J connectivity index is 2.66. The van der Waals surface area contributed by atoms with Gasteiger partial charge in [-0.15, -0.1) is 0 Å². The number of rotatable bonds is 4. The third kappa shape index (κ3) is 3.07. The molecule has 0 aliphatic carbocycles. The molecule has 1 aromatic rings. The van der Waals surface area contributed by atoms with E-state index in [1.165, 1.54) is 19.3 Å². The number of aliphatic hydroxyl groups is 1. The second-order valence-corrected chi connectivity index (χ2v) is 4.08. The number of carboxylic acids is 1. The lowest BCUT2D eigenvalue weighted by molar-refractivity contribution is -0.154. The van der Waals surface area contributed by atoms with Gasteiger partial charge in [0.15, 0.2) is 11.4 Å². The average molecular weight is 229 g/mol. The predicted molar refractivity (Wildman–Crippen MR) is 55.4 cm³/mol. The van der Waals surface area contributed by atoms with Crippen molar-refractivity contribution in [3.8, 4) is 0 Å². The van der Waals surface area contributed by atoms with E-state index in [9.17, 15) is 9.90 Å². The van der Waals surface area contributed by atoms with Gasteiger partial charge in [-0.3, -0.25) is 0 Å². The number of nitrogens with two attached hydrogens (primary N) is 1. The van der Waals surface area contributed by atoms with Crippen LogP contribution < -0.4 is 5.73 Å². The minimum Gasteiger partial charge on any atom is -0.479 e. The average Bonchev–Trinajstić information content (AvgIpc) is 2.16. The van der Waals surface area contributed by atoms with Gasteiger partial charge in [0.1, 0.15) is 5.03 Å². The smallest absolute Gasteiger partial charge is 0.336 e. The van der Waals surface area contributed by atoms with Crippen molar-refractivity contribution in [2.75, 3.05) is 11.5 Å². The molecule has 0 spiro atoms. The van der Waals surface area contributed by atoms with E-state index >= 15 is 0 Å². The summed E-state index contributed by atoms with van der Waals surface area (Å²) >= 11 is 1.05. The topological polar surface area (TPSA) is 109 Å². The Morgan fingerprint density at radius 3 is 2.73 bits per heavy atom.